The van der Waals surface area contributed by atoms with Gasteiger partial charge >= 0.3 is 0 Å². The lowest BCUT2D eigenvalue weighted by atomic mass is 10.0. The van der Waals surface area contributed by atoms with Crippen LogP contribution >= 0.6 is 12.4 Å². The molecule has 2 heterocycles. The van der Waals surface area contributed by atoms with E-state index in [4.69, 9.17) is 15.2 Å². The maximum absolute atomic E-state index is 12.4. The number of hydrogen-bond donors (Lipinski definition) is 1. The molecule has 1 unspecified atom stereocenters. The van der Waals surface area contributed by atoms with Crippen molar-refractivity contribution in [3.8, 4) is 0 Å². The van der Waals surface area contributed by atoms with Crippen LogP contribution in [0.1, 0.15) is 50.1 Å². The second kappa shape index (κ2) is 10.9. The minimum absolute atomic E-state index is 0. The zero-order valence-corrected chi connectivity index (χ0v) is 16.2. The van der Waals surface area contributed by atoms with Crippen LogP contribution in [0, 0.1) is 0 Å². The van der Waals surface area contributed by atoms with Gasteiger partial charge in [-0.1, -0.05) is 30.3 Å². The minimum atomic E-state index is -0.0699. The van der Waals surface area contributed by atoms with Crippen molar-refractivity contribution >= 4 is 18.3 Å². The van der Waals surface area contributed by atoms with Crippen LogP contribution in [0.15, 0.2) is 30.3 Å². The van der Waals surface area contributed by atoms with Gasteiger partial charge in [-0.3, -0.25) is 4.79 Å². The van der Waals surface area contributed by atoms with Crippen molar-refractivity contribution in [2.24, 2.45) is 5.73 Å². The molecule has 6 heteroatoms. The summed E-state index contributed by atoms with van der Waals surface area (Å²) in [5.74, 6) is 0.218. The number of rotatable bonds is 6. The maximum atomic E-state index is 12.4. The molecule has 0 aliphatic carbocycles. The molecule has 146 valence electrons. The van der Waals surface area contributed by atoms with E-state index >= 15 is 0 Å². The van der Waals surface area contributed by atoms with Gasteiger partial charge in [-0.25, -0.2) is 0 Å². The standard InChI is InChI=1S/C20H30N2O3.ClH/c21-19(16-4-2-1-3-5-16)6-7-20(23)22-12-8-17(9-13-22)25-18-10-14-24-15-11-18;/h1-5,17-19H,6-15,21H2;1H. The molecule has 2 aliphatic rings. The first-order chi connectivity index (χ1) is 12.2. The molecule has 2 saturated heterocycles. The Morgan fingerprint density at radius 3 is 2.38 bits per heavy atom. The molecule has 0 spiro atoms. The quantitative estimate of drug-likeness (QED) is 0.821. The molecule has 0 aromatic heterocycles. The molecule has 1 aromatic carbocycles. The first kappa shape index (κ1) is 21.2. The van der Waals surface area contributed by atoms with Gasteiger partial charge < -0.3 is 20.1 Å². The highest BCUT2D eigenvalue weighted by atomic mass is 35.5. The number of carbonyl (C=O) groups is 1. The fraction of sp³-hybridized carbons (Fsp3) is 0.650. The molecular formula is C20H31ClN2O3. The third kappa shape index (κ3) is 6.23. The average molecular weight is 383 g/mol. The van der Waals surface area contributed by atoms with E-state index in [2.05, 4.69) is 0 Å². The van der Waals surface area contributed by atoms with E-state index in [0.717, 1.165) is 57.6 Å². The lowest BCUT2D eigenvalue weighted by molar-refractivity contribution is -0.136. The van der Waals surface area contributed by atoms with Crippen LogP contribution in [-0.4, -0.2) is 49.3 Å². The zero-order valence-electron chi connectivity index (χ0n) is 15.3. The first-order valence-corrected chi connectivity index (χ1v) is 9.54. The van der Waals surface area contributed by atoms with Crippen molar-refractivity contribution in [1.82, 2.24) is 4.90 Å². The lowest BCUT2D eigenvalue weighted by Gasteiger charge is -2.35. The summed E-state index contributed by atoms with van der Waals surface area (Å²) in [4.78, 5) is 14.4. The number of hydrogen-bond acceptors (Lipinski definition) is 4. The molecule has 0 radical (unpaired) electrons. The molecule has 2 fully saturated rings. The second-order valence-corrected chi connectivity index (χ2v) is 7.08. The Morgan fingerprint density at radius 2 is 1.73 bits per heavy atom. The van der Waals surface area contributed by atoms with Gasteiger partial charge in [0, 0.05) is 38.8 Å². The maximum Gasteiger partial charge on any atom is 0.222 e. The van der Waals surface area contributed by atoms with E-state index in [1.165, 1.54) is 0 Å². The SMILES string of the molecule is Cl.NC(CCC(=O)N1CCC(OC2CCOCC2)CC1)c1ccccc1. The van der Waals surface area contributed by atoms with Crippen LogP contribution in [0.25, 0.3) is 0 Å². The van der Waals surface area contributed by atoms with E-state index < -0.39 is 0 Å². The summed E-state index contributed by atoms with van der Waals surface area (Å²) in [5, 5.41) is 0. The minimum Gasteiger partial charge on any atom is -0.381 e. The topological polar surface area (TPSA) is 64.8 Å². The number of piperidine rings is 1. The fourth-order valence-electron chi connectivity index (χ4n) is 3.63. The summed E-state index contributed by atoms with van der Waals surface area (Å²) in [6, 6.07) is 9.93. The van der Waals surface area contributed by atoms with E-state index in [0.29, 0.717) is 25.0 Å². The molecule has 0 saturated carbocycles. The second-order valence-electron chi connectivity index (χ2n) is 7.08. The molecule has 5 nitrogen and oxygen atoms in total. The Morgan fingerprint density at radius 1 is 1.12 bits per heavy atom. The number of amides is 1. The third-order valence-electron chi connectivity index (χ3n) is 5.24. The van der Waals surface area contributed by atoms with Gasteiger partial charge in [-0.05, 0) is 37.7 Å². The van der Waals surface area contributed by atoms with Crippen molar-refractivity contribution in [3.63, 3.8) is 0 Å². The molecule has 0 bridgehead atoms. The van der Waals surface area contributed by atoms with E-state index in [1.54, 1.807) is 0 Å². The van der Waals surface area contributed by atoms with Crippen LogP contribution in [-0.2, 0) is 14.3 Å². The normalized spacial score (nSPS) is 20.4. The number of halogens is 1. The largest absolute Gasteiger partial charge is 0.381 e. The first-order valence-electron chi connectivity index (χ1n) is 9.54. The van der Waals surface area contributed by atoms with Gasteiger partial charge in [-0.2, -0.15) is 0 Å². The third-order valence-corrected chi connectivity index (χ3v) is 5.24. The van der Waals surface area contributed by atoms with Crippen molar-refractivity contribution < 1.29 is 14.3 Å². The highest BCUT2D eigenvalue weighted by Gasteiger charge is 2.26. The molecule has 26 heavy (non-hydrogen) atoms. The number of carbonyl (C=O) groups excluding carboxylic acids is 1. The van der Waals surface area contributed by atoms with Crippen molar-refractivity contribution in [1.29, 1.82) is 0 Å². The van der Waals surface area contributed by atoms with E-state index in [9.17, 15) is 4.79 Å². The van der Waals surface area contributed by atoms with Crippen LogP contribution in [0.2, 0.25) is 0 Å². The van der Waals surface area contributed by atoms with Gasteiger partial charge in [0.25, 0.3) is 0 Å². The average Bonchev–Trinajstić information content (AvgIpc) is 2.68. The monoisotopic (exact) mass is 382 g/mol. The van der Waals surface area contributed by atoms with E-state index in [1.807, 2.05) is 35.2 Å². The van der Waals surface area contributed by atoms with Crippen LogP contribution in [0.5, 0.6) is 0 Å². The Hall–Kier alpha value is -1.14. The number of nitrogens with zero attached hydrogens (tertiary/aromatic N) is 1. The summed E-state index contributed by atoms with van der Waals surface area (Å²) in [6.07, 6.45) is 5.71. The Bertz CT molecular complexity index is 529. The number of ether oxygens (including phenoxy) is 2. The summed E-state index contributed by atoms with van der Waals surface area (Å²) in [5.41, 5.74) is 7.29. The Labute approximate surface area is 162 Å². The van der Waals surface area contributed by atoms with Gasteiger partial charge in [0.2, 0.25) is 5.91 Å². The summed E-state index contributed by atoms with van der Waals surface area (Å²) >= 11 is 0. The lowest BCUT2D eigenvalue weighted by Crippen LogP contribution is -2.42. The Balaban J connectivity index is 0.00000243. The van der Waals surface area contributed by atoms with Gasteiger partial charge in [-0.15, -0.1) is 12.4 Å². The van der Waals surface area contributed by atoms with Gasteiger partial charge in [0.05, 0.1) is 12.2 Å². The van der Waals surface area contributed by atoms with Crippen LogP contribution in [0.4, 0.5) is 0 Å². The number of benzene rings is 1. The highest BCUT2D eigenvalue weighted by Crippen LogP contribution is 2.21. The van der Waals surface area contributed by atoms with Crippen LogP contribution in [0.3, 0.4) is 0 Å². The van der Waals surface area contributed by atoms with Crippen molar-refractivity contribution in [2.75, 3.05) is 26.3 Å². The summed E-state index contributed by atoms with van der Waals surface area (Å²) < 4.78 is 11.6. The number of nitrogens with two attached hydrogens (primary N) is 1. The van der Waals surface area contributed by atoms with Gasteiger partial charge in [0.1, 0.15) is 0 Å². The molecule has 1 aromatic rings. The zero-order chi connectivity index (χ0) is 17.5. The fourth-order valence-corrected chi connectivity index (χ4v) is 3.63. The van der Waals surface area contributed by atoms with E-state index in [-0.39, 0.29) is 24.4 Å². The smallest absolute Gasteiger partial charge is 0.222 e. The predicted molar refractivity (Wildman–Crippen MR) is 104 cm³/mol. The summed E-state index contributed by atoms with van der Waals surface area (Å²) in [6.45, 7) is 3.22. The van der Waals surface area contributed by atoms with Crippen LogP contribution < -0.4 is 5.73 Å². The molecule has 3 rings (SSSR count). The molecule has 2 N–H and O–H groups in total. The summed E-state index contributed by atoms with van der Waals surface area (Å²) in [7, 11) is 0. The van der Waals surface area contributed by atoms with Crippen molar-refractivity contribution in [2.45, 2.75) is 56.8 Å². The predicted octanol–water partition coefficient (Wildman–Crippen LogP) is 3.08. The van der Waals surface area contributed by atoms with Crippen molar-refractivity contribution in [3.05, 3.63) is 35.9 Å². The molecule has 2 aliphatic heterocycles. The highest BCUT2D eigenvalue weighted by molar-refractivity contribution is 5.85. The Kier molecular flexibility index (Phi) is 8.85. The molecule has 1 atom stereocenters. The number of likely N-dealkylation sites (tertiary alicyclic amines) is 1. The molecular weight excluding hydrogens is 352 g/mol. The van der Waals surface area contributed by atoms with Gasteiger partial charge in [0.15, 0.2) is 0 Å². The molecule has 1 amide bonds.